The van der Waals surface area contributed by atoms with E-state index in [0.29, 0.717) is 45.2 Å². The fourth-order valence-electron chi connectivity index (χ4n) is 2.67. The largest absolute Gasteiger partial charge is 0.423 e. The van der Waals surface area contributed by atoms with Crippen LogP contribution in [0, 0.1) is 0 Å². The van der Waals surface area contributed by atoms with Crippen molar-refractivity contribution in [3.63, 3.8) is 0 Å². The summed E-state index contributed by atoms with van der Waals surface area (Å²) in [7, 11) is -1.64. The third kappa shape index (κ3) is 3.65. The Morgan fingerprint density at radius 1 is 1.22 bits per heavy atom. The van der Waals surface area contributed by atoms with E-state index in [9.17, 15) is 8.42 Å². The van der Waals surface area contributed by atoms with Gasteiger partial charge in [-0.1, -0.05) is 12.1 Å². The van der Waals surface area contributed by atoms with Crippen LogP contribution in [0.1, 0.15) is 6.42 Å². The molecule has 3 rings (SSSR count). The van der Waals surface area contributed by atoms with Crippen molar-refractivity contribution in [1.29, 1.82) is 0 Å². The van der Waals surface area contributed by atoms with Crippen molar-refractivity contribution in [2.24, 2.45) is 0 Å². The second-order valence-electron chi connectivity index (χ2n) is 5.51. The Balaban J connectivity index is 1.61. The normalized spacial score (nSPS) is 17.0. The Morgan fingerprint density at radius 3 is 2.65 bits per heavy atom. The third-order valence-electron chi connectivity index (χ3n) is 3.94. The van der Waals surface area contributed by atoms with Gasteiger partial charge in [0.15, 0.2) is 5.58 Å². The smallest absolute Gasteiger partial charge is 0.298 e. The fourth-order valence-corrected chi connectivity index (χ4v) is 4.13. The molecule has 1 fully saturated rings. The molecule has 0 unspecified atom stereocenters. The molecule has 1 aliphatic heterocycles. The topological polar surface area (TPSA) is 75.9 Å². The third-order valence-corrected chi connectivity index (χ3v) is 5.89. The molecule has 7 nitrogen and oxygen atoms in total. The molecule has 23 heavy (non-hydrogen) atoms. The average molecular weight is 339 g/mol. The zero-order chi connectivity index (χ0) is 16.3. The highest BCUT2D eigenvalue weighted by Gasteiger charge is 2.28. The van der Waals surface area contributed by atoms with E-state index in [2.05, 4.69) is 4.98 Å². The monoisotopic (exact) mass is 339 g/mol. The molecule has 2 aromatic rings. The van der Waals surface area contributed by atoms with Gasteiger partial charge in [0, 0.05) is 39.9 Å². The van der Waals surface area contributed by atoms with E-state index in [0.717, 1.165) is 11.1 Å². The van der Waals surface area contributed by atoms with Crippen molar-refractivity contribution in [2.75, 3.05) is 50.5 Å². The lowest BCUT2D eigenvalue weighted by Gasteiger charge is -2.33. The van der Waals surface area contributed by atoms with E-state index >= 15 is 0 Å². The number of anilines is 1. The van der Waals surface area contributed by atoms with E-state index in [1.807, 2.05) is 29.2 Å². The molecular weight excluding hydrogens is 318 g/mol. The Labute approximate surface area is 135 Å². The number of oxazole rings is 1. The van der Waals surface area contributed by atoms with E-state index in [4.69, 9.17) is 9.15 Å². The maximum atomic E-state index is 12.3. The molecule has 126 valence electrons. The van der Waals surface area contributed by atoms with Crippen LogP contribution in [0.25, 0.3) is 11.1 Å². The summed E-state index contributed by atoms with van der Waals surface area (Å²) < 4.78 is 36.7. The number of ether oxygens (including phenoxy) is 1. The highest BCUT2D eigenvalue weighted by Crippen LogP contribution is 2.23. The van der Waals surface area contributed by atoms with Gasteiger partial charge < -0.3 is 14.1 Å². The van der Waals surface area contributed by atoms with Gasteiger partial charge in [0.2, 0.25) is 10.0 Å². The molecule has 0 amide bonds. The number of aromatic nitrogens is 1. The zero-order valence-corrected chi connectivity index (χ0v) is 14.0. The lowest BCUT2D eigenvalue weighted by molar-refractivity contribution is 0.199. The van der Waals surface area contributed by atoms with Crippen LogP contribution in [0.2, 0.25) is 0 Å². The summed E-state index contributed by atoms with van der Waals surface area (Å²) in [6.45, 7) is 2.52. The number of rotatable bonds is 6. The molecular formula is C15H21N3O4S. The van der Waals surface area contributed by atoms with Gasteiger partial charge in [-0.15, -0.1) is 0 Å². The molecule has 0 atom stereocenters. The molecule has 0 radical (unpaired) electrons. The van der Waals surface area contributed by atoms with Crippen LogP contribution in [0.15, 0.2) is 28.7 Å². The van der Waals surface area contributed by atoms with Crippen molar-refractivity contribution in [2.45, 2.75) is 6.42 Å². The SMILES string of the molecule is COCCCS(=O)(=O)N1CCN(c2nc3ccccc3o2)CC1. The predicted octanol–water partition coefficient (Wildman–Crippen LogP) is 1.32. The summed E-state index contributed by atoms with van der Waals surface area (Å²) in [4.78, 5) is 6.45. The molecule has 1 aromatic carbocycles. The fraction of sp³-hybridized carbons (Fsp3) is 0.533. The molecule has 0 spiro atoms. The van der Waals surface area contributed by atoms with Crippen LogP contribution in [0.3, 0.4) is 0 Å². The number of para-hydroxylation sites is 2. The lowest BCUT2D eigenvalue weighted by Crippen LogP contribution is -2.49. The molecule has 0 saturated carbocycles. The van der Waals surface area contributed by atoms with Crippen molar-refractivity contribution < 1.29 is 17.6 Å². The first kappa shape index (κ1) is 16.2. The van der Waals surface area contributed by atoms with Gasteiger partial charge in [-0.05, 0) is 18.6 Å². The number of fused-ring (bicyclic) bond motifs is 1. The summed E-state index contributed by atoms with van der Waals surface area (Å²) in [5.74, 6) is 0.129. The summed E-state index contributed by atoms with van der Waals surface area (Å²) in [5, 5.41) is 0. The van der Waals surface area contributed by atoms with E-state index in [1.54, 1.807) is 11.4 Å². The Kier molecular flexibility index (Phi) is 4.84. The second-order valence-corrected chi connectivity index (χ2v) is 7.60. The van der Waals surface area contributed by atoms with Gasteiger partial charge in [-0.2, -0.15) is 9.29 Å². The standard InChI is InChI=1S/C15H21N3O4S/c1-21-11-4-12-23(19,20)18-9-7-17(8-10-18)15-16-13-5-2-3-6-14(13)22-15/h2-3,5-6H,4,7-12H2,1H3. The summed E-state index contributed by atoms with van der Waals surface area (Å²) in [6, 6.07) is 8.16. The van der Waals surface area contributed by atoms with Crippen LogP contribution in [-0.2, 0) is 14.8 Å². The molecule has 1 aromatic heterocycles. The Morgan fingerprint density at radius 2 is 1.96 bits per heavy atom. The number of piperazine rings is 1. The van der Waals surface area contributed by atoms with Gasteiger partial charge in [0.05, 0.1) is 5.75 Å². The number of hydrogen-bond donors (Lipinski definition) is 0. The van der Waals surface area contributed by atoms with Gasteiger partial charge >= 0.3 is 0 Å². The molecule has 0 aliphatic carbocycles. The summed E-state index contributed by atoms with van der Waals surface area (Å²) in [5.41, 5.74) is 1.56. The van der Waals surface area contributed by atoms with E-state index in [1.165, 1.54) is 0 Å². The minimum atomic E-state index is -3.21. The Hall–Kier alpha value is -1.64. The zero-order valence-electron chi connectivity index (χ0n) is 13.1. The first-order chi connectivity index (χ1) is 11.1. The quantitative estimate of drug-likeness (QED) is 0.739. The first-order valence-electron chi connectivity index (χ1n) is 7.67. The number of benzene rings is 1. The Bertz CT molecular complexity index is 718. The van der Waals surface area contributed by atoms with E-state index < -0.39 is 10.0 Å². The van der Waals surface area contributed by atoms with Gasteiger partial charge in [0.25, 0.3) is 6.01 Å². The average Bonchev–Trinajstić information content (AvgIpc) is 2.99. The summed E-state index contributed by atoms with van der Waals surface area (Å²) in [6.07, 6.45) is 0.518. The summed E-state index contributed by atoms with van der Waals surface area (Å²) >= 11 is 0. The van der Waals surface area contributed by atoms with Crippen molar-refractivity contribution in [3.05, 3.63) is 24.3 Å². The highest BCUT2D eigenvalue weighted by atomic mass is 32.2. The lowest BCUT2D eigenvalue weighted by atomic mass is 10.3. The minimum absolute atomic E-state index is 0.129. The van der Waals surface area contributed by atoms with Crippen LogP contribution < -0.4 is 4.90 Å². The number of nitrogens with zero attached hydrogens (tertiary/aromatic N) is 3. The van der Waals surface area contributed by atoms with Gasteiger partial charge in [-0.25, -0.2) is 8.42 Å². The molecule has 8 heteroatoms. The van der Waals surface area contributed by atoms with E-state index in [-0.39, 0.29) is 5.75 Å². The van der Waals surface area contributed by atoms with Crippen molar-refractivity contribution in [3.8, 4) is 0 Å². The molecule has 1 aliphatic rings. The minimum Gasteiger partial charge on any atom is -0.423 e. The van der Waals surface area contributed by atoms with Gasteiger partial charge in [-0.3, -0.25) is 0 Å². The first-order valence-corrected chi connectivity index (χ1v) is 9.28. The highest BCUT2D eigenvalue weighted by molar-refractivity contribution is 7.89. The number of methoxy groups -OCH3 is 1. The number of sulfonamides is 1. The van der Waals surface area contributed by atoms with Crippen LogP contribution in [-0.4, -0.2) is 63.4 Å². The van der Waals surface area contributed by atoms with Crippen LogP contribution in [0.5, 0.6) is 0 Å². The maximum Gasteiger partial charge on any atom is 0.298 e. The molecule has 2 heterocycles. The molecule has 1 saturated heterocycles. The molecule has 0 N–H and O–H groups in total. The van der Waals surface area contributed by atoms with Gasteiger partial charge in [0.1, 0.15) is 5.52 Å². The predicted molar refractivity (Wildman–Crippen MR) is 88.1 cm³/mol. The van der Waals surface area contributed by atoms with Crippen LogP contribution in [0.4, 0.5) is 6.01 Å². The number of hydrogen-bond acceptors (Lipinski definition) is 6. The van der Waals surface area contributed by atoms with Crippen molar-refractivity contribution >= 4 is 27.1 Å². The molecule has 0 bridgehead atoms. The van der Waals surface area contributed by atoms with Crippen LogP contribution >= 0.6 is 0 Å². The second kappa shape index (κ2) is 6.86. The maximum absolute atomic E-state index is 12.3. The van der Waals surface area contributed by atoms with Crippen molar-refractivity contribution in [1.82, 2.24) is 9.29 Å².